The molecule has 8 aromatic carbocycles. The number of fused-ring (bicyclic) bond motifs is 8. The van der Waals surface area contributed by atoms with Crippen LogP contribution in [0.1, 0.15) is 194 Å². The second-order valence-electron chi connectivity index (χ2n) is 26.6. The molecule has 0 atom stereocenters. The molecule has 1 aliphatic carbocycles. The van der Waals surface area contributed by atoms with Crippen molar-refractivity contribution in [1.29, 1.82) is 21.0 Å². The maximum absolute atomic E-state index is 9.75. The van der Waals surface area contributed by atoms with Crippen LogP contribution in [-0.4, -0.2) is 0 Å². The van der Waals surface area contributed by atoms with Gasteiger partial charge in [0, 0.05) is 25.7 Å². The van der Waals surface area contributed by atoms with Crippen LogP contribution < -0.4 is 18.9 Å². The summed E-state index contributed by atoms with van der Waals surface area (Å²) in [5.74, 6) is 3.11. The van der Waals surface area contributed by atoms with Crippen LogP contribution in [0.5, 0.6) is 23.0 Å². The second kappa shape index (κ2) is 24.4. The van der Waals surface area contributed by atoms with Gasteiger partial charge in [-0.1, -0.05) is 180 Å². The van der Waals surface area contributed by atoms with E-state index in [1.54, 1.807) is 0 Å². The summed E-state index contributed by atoms with van der Waals surface area (Å²) in [6.45, 7) is 28.2. The summed E-state index contributed by atoms with van der Waals surface area (Å²) in [5.41, 5.74) is 17.7. The molecule has 84 heavy (non-hydrogen) atoms. The molecule has 8 heteroatoms. The van der Waals surface area contributed by atoms with Crippen LogP contribution in [0.25, 0.3) is 0 Å². The van der Waals surface area contributed by atoms with E-state index in [0.717, 1.165) is 112 Å². The average Bonchev–Trinajstić information content (AvgIpc) is 3.35. The summed E-state index contributed by atoms with van der Waals surface area (Å²) in [5, 5.41) is 39.0. The second-order valence-corrected chi connectivity index (χ2v) is 26.6. The van der Waals surface area contributed by atoms with E-state index in [0.29, 0.717) is 47.9 Å². The van der Waals surface area contributed by atoms with Gasteiger partial charge in [-0.2, -0.15) is 21.0 Å². The highest BCUT2D eigenvalue weighted by Gasteiger charge is 2.30. The Kier molecular flexibility index (Phi) is 17.3. The number of hydrogen-bond donors (Lipinski definition) is 0. The van der Waals surface area contributed by atoms with Gasteiger partial charge in [-0.3, -0.25) is 0 Å². The Labute approximate surface area is 498 Å². The van der Waals surface area contributed by atoms with Gasteiger partial charge in [0.2, 0.25) is 0 Å². The zero-order valence-electron chi connectivity index (χ0n) is 50.9. The first kappa shape index (κ1) is 59.5. The van der Waals surface area contributed by atoms with E-state index >= 15 is 0 Å². The molecule has 0 aromatic heterocycles. The van der Waals surface area contributed by atoms with Gasteiger partial charge in [0.15, 0.2) is 0 Å². The van der Waals surface area contributed by atoms with E-state index < -0.39 is 0 Å². The molecule has 9 rings (SSSR count). The summed E-state index contributed by atoms with van der Waals surface area (Å²) >= 11 is 0. The number of hydrogen-bond acceptors (Lipinski definition) is 8. The molecule has 0 aliphatic heterocycles. The quantitative estimate of drug-likeness (QED) is 0.118. The molecular formula is C76H76N4O4. The topological polar surface area (TPSA) is 132 Å². The molecular weight excluding hydrogens is 1030 g/mol. The summed E-state index contributed by atoms with van der Waals surface area (Å²) in [6.07, 6.45) is 1.85. The molecule has 0 heterocycles. The molecule has 0 spiro atoms. The number of benzene rings is 8. The van der Waals surface area contributed by atoms with Crippen LogP contribution in [-0.2, 0) is 73.8 Å². The molecule has 0 saturated carbocycles. The van der Waals surface area contributed by atoms with Crippen LogP contribution in [0.3, 0.4) is 0 Å². The van der Waals surface area contributed by atoms with Gasteiger partial charge in [0.05, 0.1) is 46.5 Å². The van der Waals surface area contributed by atoms with Crippen molar-refractivity contribution in [3.05, 3.63) is 257 Å². The smallest absolute Gasteiger partial charge is 0.126 e. The predicted molar refractivity (Wildman–Crippen MR) is 334 cm³/mol. The Morgan fingerprint density at radius 2 is 0.429 bits per heavy atom. The van der Waals surface area contributed by atoms with Crippen molar-refractivity contribution in [2.45, 2.75) is 157 Å². The highest BCUT2D eigenvalue weighted by molar-refractivity contribution is 5.60. The monoisotopic (exact) mass is 1110 g/mol. The summed E-state index contributed by atoms with van der Waals surface area (Å²) in [6, 6.07) is 58.0. The Morgan fingerprint density at radius 1 is 0.274 bits per heavy atom. The van der Waals surface area contributed by atoms with Crippen LogP contribution >= 0.6 is 0 Å². The number of ether oxygens (including phenoxy) is 4. The van der Waals surface area contributed by atoms with Crippen molar-refractivity contribution in [1.82, 2.24) is 0 Å². The van der Waals surface area contributed by atoms with Crippen LogP contribution in [0, 0.1) is 45.3 Å². The van der Waals surface area contributed by atoms with E-state index in [1.165, 1.54) is 0 Å². The average molecular weight is 1110 g/mol. The van der Waals surface area contributed by atoms with Gasteiger partial charge < -0.3 is 18.9 Å². The first-order valence-corrected chi connectivity index (χ1v) is 29.0. The zero-order chi connectivity index (χ0) is 60.1. The lowest BCUT2D eigenvalue weighted by Crippen LogP contribution is -2.17. The summed E-state index contributed by atoms with van der Waals surface area (Å²) < 4.78 is 29.1. The minimum absolute atomic E-state index is 0.265. The van der Waals surface area contributed by atoms with Crippen LogP contribution in [0.4, 0.5) is 0 Å². The largest absolute Gasteiger partial charge is 0.488 e. The minimum Gasteiger partial charge on any atom is -0.488 e. The summed E-state index contributed by atoms with van der Waals surface area (Å²) in [7, 11) is 0. The van der Waals surface area contributed by atoms with Gasteiger partial charge in [-0.05, 0) is 159 Å². The Balaban J connectivity index is 1.38. The number of rotatable bonds is 12. The van der Waals surface area contributed by atoms with E-state index in [4.69, 9.17) is 18.9 Å². The van der Waals surface area contributed by atoms with Crippen molar-refractivity contribution in [3.8, 4) is 47.3 Å². The van der Waals surface area contributed by atoms with Crippen LogP contribution in [0.15, 0.2) is 146 Å². The fourth-order valence-corrected chi connectivity index (χ4v) is 10.7. The van der Waals surface area contributed by atoms with Gasteiger partial charge >= 0.3 is 0 Å². The lowest BCUT2D eigenvalue weighted by molar-refractivity contribution is 0.293. The molecule has 0 saturated heterocycles. The van der Waals surface area contributed by atoms with Crippen molar-refractivity contribution < 1.29 is 18.9 Å². The molecule has 0 N–H and O–H groups in total. The highest BCUT2D eigenvalue weighted by atomic mass is 16.5. The first-order chi connectivity index (χ1) is 39.9. The molecule has 0 unspecified atom stereocenters. The molecule has 1 aliphatic rings. The number of nitrogens with zero attached hydrogens (tertiary/aromatic N) is 4. The van der Waals surface area contributed by atoms with Gasteiger partial charge in [0.1, 0.15) is 49.4 Å². The molecule has 8 aromatic rings. The predicted octanol–water partition coefficient (Wildman–Crippen LogP) is 17.4. The molecule has 0 amide bonds. The Hall–Kier alpha value is -9.08. The third-order valence-electron chi connectivity index (χ3n) is 15.8. The first-order valence-electron chi connectivity index (χ1n) is 29.0. The molecule has 0 radical (unpaired) electrons. The SMILES string of the molecule is CC(C)(C)c1cc2c(OCc3ccc(C#N)cc3)c(c1)Cc1cc(C(C)(C)C)cc(c1OCc1ccc(C#N)cc1)Cc1cc(C(C)(C)C)cc(c1OCc1ccc(C#N)cc1)Cc1cc(C(C)(C)C)cc(c1OCc1ccc(C#N)cc1)C2. The molecule has 8 nitrogen and oxygen atoms in total. The fraction of sp³-hybridized carbons (Fsp3) is 0.316. The van der Waals surface area contributed by atoms with Gasteiger partial charge in [-0.25, -0.2) is 0 Å². The van der Waals surface area contributed by atoms with E-state index in [2.05, 4.69) is 156 Å². The molecule has 424 valence electrons. The molecule has 0 fully saturated rings. The lowest BCUT2D eigenvalue weighted by Gasteiger charge is -2.29. The normalized spacial score (nSPS) is 12.5. The maximum atomic E-state index is 9.75. The Bertz CT molecular complexity index is 3280. The lowest BCUT2D eigenvalue weighted by atomic mass is 9.79. The van der Waals surface area contributed by atoms with Crippen molar-refractivity contribution >= 4 is 0 Å². The zero-order valence-corrected chi connectivity index (χ0v) is 50.9. The van der Waals surface area contributed by atoms with E-state index in [-0.39, 0.29) is 48.1 Å². The van der Waals surface area contributed by atoms with Crippen LogP contribution in [0.2, 0.25) is 0 Å². The Morgan fingerprint density at radius 3 is 0.560 bits per heavy atom. The van der Waals surface area contributed by atoms with Gasteiger partial charge in [-0.15, -0.1) is 0 Å². The third-order valence-corrected chi connectivity index (χ3v) is 15.8. The van der Waals surface area contributed by atoms with Crippen molar-refractivity contribution in [2.24, 2.45) is 0 Å². The van der Waals surface area contributed by atoms with E-state index in [9.17, 15) is 21.0 Å². The third kappa shape index (κ3) is 14.2. The number of nitriles is 4. The minimum atomic E-state index is -0.266. The van der Waals surface area contributed by atoms with Gasteiger partial charge in [0.25, 0.3) is 0 Å². The van der Waals surface area contributed by atoms with Crippen molar-refractivity contribution in [2.75, 3.05) is 0 Å². The maximum Gasteiger partial charge on any atom is 0.126 e. The molecule has 8 bridgehead atoms. The fourth-order valence-electron chi connectivity index (χ4n) is 10.7. The van der Waals surface area contributed by atoms with E-state index in [1.807, 2.05) is 97.1 Å². The van der Waals surface area contributed by atoms with Crippen molar-refractivity contribution in [3.63, 3.8) is 0 Å². The highest BCUT2D eigenvalue weighted by Crippen LogP contribution is 2.45. The standard InChI is InChI=1S/C76H76N4O4/c1-73(2,3)65-33-57-29-59-35-66(74(4,5)6)37-61(70(59)82-46-54-23-15-50(42-78)16-24-54)31-63-39-68(76(10,11)12)40-64(72(63)84-48-56-27-19-52(44-80)20-28-56)32-62-38-67(75(7,8)9)36-60(71(62)83-47-55-25-17-51(43-79)18-26-55)30-58(34-65)69(57)81-45-53-21-13-49(41-77)14-22-53/h13-28,33-40H,29-32,45-48H2,1-12H3. The summed E-state index contributed by atoms with van der Waals surface area (Å²) in [4.78, 5) is 0.